The molecule has 0 aliphatic rings. The van der Waals surface area contributed by atoms with Gasteiger partial charge in [-0.15, -0.1) is 0 Å². The van der Waals surface area contributed by atoms with Crippen molar-refractivity contribution in [1.82, 2.24) is 9.97 Å². The number of rotatable bonds is 11. The van der Waals surface area contributed by atoms with Crippen LogP contribution in [-0.4, -0.2) is 35.3 Å². The molecule has 3 aromatic carbocycles. The zero-order valence-electron chi connectivity index (χ0n) is 22.5. The van der Waals surface area contributed by atoms with E-state index in [0.29, 0.717) is 18.7 Å². The summed E-state index contributed by atoms with van der Waals surface area (Å²) < 4.78 is 5.39. The molecule has 0 saturated carbocycles. The van der Waals surface area contributed by atoms with Gasteiger partial charge >= 0.3 is 0 Å². The van der Waals surface area contributed by atoms with Crippen LogP contribution in [0, 0.1) is 0 Å². The van der Waals surface area contributed by atoms with Crippen LogP contribution in [0.15, 0.2) is 78.9 Å². The molecule has 0 aliphatic heterocycles. The molecule has 1 aromatic heterocycles. The summed E-state index contributed by atoms with van der Waals surface area (Å²) in [6.07, 6.45) is 4.12. The summed E-state index contributed by atoms with van der Waals surface area (Å²) in [5, 5.41) is 6.92. The quantitative estimate of drug-likeness (QED) is 0.184. The SMILES string of the molecule is CCOCC=Cc1ccc(-c2nc(-c3ccc(NC(C)C)cc3)c(-c3ccc(NC(C)C)cc3)[nH]2)cc1. The second-order valence-corrected chi connectivity index (χ2v) is 9.75. The van der Waals surface area contributed by atoms with Crippen molar-refractivity contribution in [3.05, 3.63) is 84.4 Å². The molecule has 0 amide bonds. The van der Waals surface area contributed by atoms with Gasteiger partial charge in [0.2, 0.25) is 0 Å². The minimum atomic E-state index is 0.383. The van der Waals surface area contributed by atoms with Crippen molar-refractivity contribution in [3.8, 4) is 33.9 Å². The monoisotopic (exact) mass is 494 g/mol. The fourth-order valence-electron chi connectivity index (χ4n) is 4.17. The van der Waals surface area contributed by atoms with Crippen molar-refractivity contribution in [3.63, 3.8) is 0 Å². The molecule has 1 heterocycles. The van der Waals surface area contributed by atoms with E-state index < -0.39 is 0 Å². The molecule has 0 radical (unpaired) electrons. The Balaban J connectivity index is 1.68. The van der Waals surface area contributed by atoms with Gasteiger partial charge in [-0.05, 0) is 64.4 Å². The normalized spacial score (nSPS) is 11.5. The number of H-pyrrole nitrogens is 1. The molecular formula is C32H38N4O. The second-order valence-electron chi connectivity index (χ2n) is 9.75. The Kier molecular flexibility index (Phi) is 8.81. The lowest BCUT2D eigenvalue weighted by Gasteiger charge is -2.11. The maximum absolute atomic E-state index is 5.39. The van der Waals surface area contributed by atoms with E-state index in [0.717, 1.165) is 57.4 Å². The molecule has 0 spiro atoms. The van der Waals surface area contributed by atoms with Crippen LogP contribution in [0.1, 0.15) is 40.2 Å². The molecule has 37 heavy (non-hydrogen) atoms. The standard InChI is InChI=1S/C32H38N4O/c1-6-37-21-7-8-24-9-11-27(12-10-24)32-35-30(25-13-17-28(18-14-25)33-22(2)3)31(36-32)26-15-19-29(20-16-26)34-23(4)5/h7-20,22-23,33-34H,6,21H2,1-5H3,(H,35,36). The van der Waals surface area contributed by atoms with Gasteiger partial charge in [0.1, 0.15) is 5.82 Å². The topological polar surface area (TPSA) is 62.0 Å². The molecule has 0 fully saturated rings. The van der Waals surface area contributed by atoms with Crippen molar-refractivity contribution < 1.29 is 4.74 Å². The van der Waals surface area contributed by atoms with Crippen LogP contribution in [0.5, 0.6) is 0 Å². The first kappa shape index (κ1) is 26.2. The number of aromatic amines is 1. The van der Waals surface area contributed by atoms with Crippen LogP contribution < -0.4 is 10.6 Å². The van der Waals surface area contributed by atoms with Gasteiger partial charge in [-0.25, -0.2) is 4.98 Å². The summed E-state index contributed by atoms with van der Waals surface area (Å²) in [5.41, 5.74) is 8.52. The van der Waals surface area contributed by atoms with Gasteiger partial charge in [0, 0.05) is 46.8 Å². The Morgan fingerprint density at radius 1 is 0.757 bits per heavy atom. The zero-order valence-corrected chi connectivity index (χ0v) is 22.5. The molecule has 4 aromatic rings. The summed E-state index contributed by atoms with van der Waals surface area (Å²) in [4.78, 5) is 8.69. The van der Waals surface area contributed by atoms with Gasteiger partial charge in [-0.2, -0.15) is 0 Å². The molecule has 0 unspecified atom stereocenters. The molecular weight excluding hydrogens is 456 g/mol. The van der Waals surface area contributed by atoms with Gasteiger partial charge in [-0.1, -0.05) is 60.7 Å². The highest BCUT2D eigenvalue weighted by Crippen LogP contribution is 2.34. The molecule has 5 heteroatoms. The number of imidazole rings is 1. The summed E-state index contributed by atoms with van der Waals surface area (Å²) in [6, 6.07) is 26.2. The Hall–Kier alpha value is -3.83. The van der Waals surface area contributed by atoms with E-state index in [9.17, 15) is 0 Å². The zero-order chi connectivity index (χ0) is 26.2. The number of ether oxygens (including phenoxy) is 1. The van der Waals surface area contributed by atoms with Crippen LogP contribution in [0.2, 0.25) is 0 Å². The number of aromatic nitrogens is 2. The van der Waals surface area contributed by atoms with Gasteiger partial charge in [0.25, 0.3) is 0 Å². The molecule has 5 nitrogen and oxygen atoms in total. The van der Waals surface area contributed by atoms with Gasteiger partial charge < -0.3 is 20.4 Å². The van der Waals surface area contributed by atoms with E-state index in [1.54, 1.807) is 0 Å². The summed E-state index contributed by atoms with van der Waals surface area (Å²) in [5.74, 6) is 0.851. The predicted octanol–water partition coefficient (Wildman–Crippen LogP) is 8.10. The third kappa shape index (κ3) is 7.11. The molecule has 0 saturated heterocycles. The van der Waals surface area contributed by atoms with Gasteiger partial charge in [0.05, 0.1) is 18.0 Å². The fraction of sp³-hybridized carbons (Fsp3) is 0.281. The molecule has 0 bridgehead atoms. The van der Waals surface area contributed by atoms with E-state index in [4.69, 9.17) is 9.72 Å². The average molecular weight is 495 g/mol. The Morgan fingerprint density at radius 3 is 1.84 bits per heavy atom. The highest BCUT2D eigenvalue weighted by atomic mass is 16.5. The predicted molar refractivity (Wildman–Crippen MR) is 158 cm³/mol. The first-order valence-corrected chi connectivity index (χ1v) is 13.1. The minimum Gasteiger partial charge on any atom is -0.383 e. The van der Waals surface area contributed by atoms with Gasteiger partial charge in [0.15, 0.2) is 0 Å². The van der Waals surface area contributed by atoms with Crippen molar-refractivity contribution >= 4 is 17.5 Å². The van der Waals surface area contributed by atoms with E-state index in [1.807, 2.05) is 13.0 Å². The lowest BCUT2D eigenvalue weighted by Crippen LogP contribution is -2.09. The van der Waals surface area contributed by atoms with Crippen molar-refractivity contribution in [2.75, 3.05) is 23.8 Å². The van der Waals surface area contributed by atoms with E-state index >= 15 is 0 Å². The minimum absolute atomic E-state index is 0.383. The largest absolute Gasteiger partial charge is 0.383 e. The van der Waals surface area contributed by atoms with Crippen LogP contribution >= 0.6 is 0 Å². The van der Waals surface area contributed by atoms with E-state index in [1.165, 1.54) is 0 Å². The lowest BCUT2D eigenvalue weighted by molar-refractivity contribution is 0.178. The highest BCUT2D eigenvalue weighted by molar-refractivity contribution is 5.82. The van der Waals surface area contributed by atoms with Crippen molar-refractivity contribution in [2.45, 2.75) is 46.7 Å². The molecule has 0 atom stereocenters. The van der Waals surface area contributed by atoms with Crippen LogP contribution in [-0.2, 0) is 4.74 Å². The maximum atomic E-state index is 5.39. The van der Waals surface area contributed by atoms with Crippen LogP contribution in [0.3, 0.4) is 0 Å². The second kappa shape index (κ2) is 12.4. The van der Waals surface area contributed by atoms with Crippen molar-refractivity contribution in [1.29, 1.82) is 0 Å². The maximum Gasteiger partial charge on any atom is 0.138 e. The third-order valence-electron chi connectivity index (χ3n) is 5.86. The molecule has 3 N–H and O–H groups in total. The third-order valence-corrected chi connectivity index (χ3v) is 5.86. The summed E-state index contributed by atoms with van der Waals surface area (Å²) >= 11 is 0. The Morgan fingerprint density at radius 2 is 1.30 bits per heavy atom. The number of nitrogens with zero attached hydrogens (tertiary/aromatic N) is 1. The number of nitrogens with one attached hydrogen (secondary N) is 3. The average Bonchev–Trinajstić information content (AvgIpc) is 3.33. The summed E-state index contributed by atoms with van der Waals surface area (Å²) in [6.45, 7) is 11.9. The Labute approximate surface area is 221 Å². The molecule has 192 valence electrons. The molecule has 0 aliphatic carbocycles. The summed E-state index contributed by atoms with van der Waals surface area (Å²) in [7, 11) is 0. The Bertz CT molecular complexity index is 1210. The number of anilines is 2. The van der Waals surface area contributed by atoms with Gasteiger partial charge in [-0.3, -0.25) is 0 Å². The number of hydrogen-bond acceptors (Lipinski definition) is 4. The lowest BCUT2D eigenvalue weighted by atomic mass is 10.0. The number of hydrogen-bond donors (Lipinski definition) is 3. The van der Waals surface area contributed by atoms with Crippen LogP contribution in [0.4, 0.5) is 11.4 Å². The van der Waals surface area contributed by atoms with Crippen LogP contribution in [0.25, 0.3) is 40.0 Å². The molecule has 4 rings (SSSR count). The first-order valence-electron chi connectivity index (χ1n) is 13.1. The fourth-order valence-corrected chi connectivity index (χ4v) is 4.17. The first-order chi connectivity index (χ1) is 17.9. The van der Waals surface area contributed by atoms with E-state index in [2.05, 4.69) is 122 Å². The highest BCUT2D eigenvalue weighted by Gasteiger charge is 2.16. The van der Waals surface area contributed by atoms with Crippen molar-refractivity contribution in [2.24, 2.45) is 0 Å². The number of benzene rings is 3. The smallest absolute Gasteiger partial charge is 0.138 e. The van der Waals surface area contributed by atoms with E-state index in [-0.39, 0.29) is 0 Å².